The predicted octanol–water partition coefficient (Wildman–Crippen LogP) is 3.36. The van der Waals surface area contributed by atoms with Crippen LogP contribution in [0.25, 0.3) is 0 Å². The Balaban J connectivity index is 2.03. The lowest BCUT2D eigenvalue weighted by molar-refractivity contribution is -0.384. The molecular formula is C15H15N3O3. The van der Waals surface area contributed by atoms with Gasteiger partial charge in [0, 0.05) is 12.1 Å². The van der Waals surface area contributed by atoms with E-state index in [0.717, 1.165) is 16.9 Å². The molecule has 0 aromatic heterocycles. The van der Waals surface area contributed by atoms with Crippen molar-refractivity contribution in [2.75, 3.05) is 12.5 Å². The fourth-order valence-electron chi connectivity index (χ4n) is 1.75. The molecule has 2 aromatic rings. The molecule has 1 N–H and O–H groups in total. The molecule has 0 spiro atoms. The van der Waals surface area contributed by atoms with Crippen molar-refractivity contribution in [2.24, 2.45) is 5.10 Å². The van der Waals surface area contributed by atoms with Crippen molar-refractivity contribution in [1.29, 1.82) is 0 Å². The number of rotatable bonds is 5. The third-order valence-corrected chi connectivity index (χ3v) is 2.95. The number of nitrogens with one attached hydrogen (secondary N) is 1. The van der Waals surface area contributed by atoms with Crippen molar-refractivity contribution in [3.05, 3.63) is 63.7 Å². The molecule has 0 amide bonds. The number of ether oxygens (including phenoxy) is 1. The summed E-state index contributed by atoms with van der Waals surface area (Å²) in [6, 6.07) is 11.8. The van der Waals surface area contributed by atoms with Gasteiger partial charge in [-0.2, -0.15) is 5.10 Å². The first kappa shape index (κ1) is 14.5. The Labute approximate surface area is 122 Å². The molecule has 0 fully saturated rings. The number of hydrazone groups is 1. The normalized spacial score (nSPS) is 10.6. The van der Waals surface area contributed by atoms with Crippen molar-refractivity contribution >= 4 is 17.6 Å². The largest absolute Gasteiger partial charge is 0.497 e. The zero-order valence-corrected chi connectivity index (χ0v) is 11.7. The summed E-state index contributed by atoms with van der Waals surface area (Å²) in [5, 5.41) is 14.7. The minimum absolute atomic E-state index is 0.0514. The van der Waals surface area contributed by atoms with Crippen LogP contribution in [0.2, 0.25) is 0 Å². The first-order valence-electron chi connectivity index (χ1n) is 6.28. The van der Waals surface area contributed by atoms with Gasteiger partial charge in [0.15, 0.2) is 0 Å². The number of nitro groups is 1. The number of aryl methyl sites for hydroxylation is 1. The maximum atomic E-state index is 10.5. The molecule has 0 aliphatic heterocycles. The smallest absolute Gasteiger partial charge is 0.269 e. The van der Waals surface area contributed by atoms with E-state index in [1.54, 1.807) is 25.5 Å². The van der Waals surface area contributed by atoms with Gasteiger partial charge in [-0.15, -0.1) is 0 Å². The van der Waals surface area contributed by atoms with Crippen LogP contribution in [0.15, 0.2) is 47.6 Å². The molecule has 2 aromatic carbocycles. The van der Waals surface area contributed by atoms with Crippen LogP contribution in [-0.2, 0) is 0 Å². The lowest BCUT2D eigenvalue weighted by atomic mass is 10.1. The Morgan fingerprint density at radius 2 is 1.95 bits per heavy atom. The molecule has 0 saturated heterocycles. The summed E-state index contributed by atoms with van der Waals surface area (Å²) in [5.74, 6) is 0.799. The molecule has 0 atom stereocenters. The quantitative estimate of drug-likeness (QED) is 0.519. The number of non-ortho nitro benzene ring substituents is 1. The summed E-state index contributed by atoms with van der Waals surface area (Å²) in [4.78, 5) is 10.1. The number of methoxy groups -OCH3 is 1. The Bertz CT molecular complexity index is 666. The first-order chi connectivity index (χ1) is 10.1. The second-order valence-electron chi connectivity index (χ2n) is 4.40. The van der Waals surface area contributed by atoms with Gasteiger partial charge in [-0.1, -0.05) is 0 Å². The lowest BCUT2D eigenvalue weighted by Gasteiger charge is -2.04. The Morgan fingerprint density at radius 3 is 2.52 bits per heavy atom. The van der Waals surface area contributed by atoms with E-state index in [1.165, 1.54) is 12.1 Å². The maximum Gasteiger partial charge on any atom is 0.269 e. The highest BCUT2D eigenvalue weighted by Crippen LogP contribution is 2.17. The van der Waals surface area contributed by atoms with Gasteiger partial charge in [-0.25, -0.2) is 0 Å². The number of nitrogens with zero attached hydrogens (tertiary/aromatic N) is 2. The lowest BCUT2D eigenvalue weighted by Crippen LogP contribution is -1.94. The van der Waals surface area contributed by atoms with Crippen molar-refractivity contribution in [3.63, 3.8) is 0 Å². The van der Waals surface area contributed by atoms with Gasteiger partial charge in [-0.3, -0.25) is 15.5 Å². The number of hydrogen-bond donors (Lipinski definition) is 1. The molecule has 6 nitrogen and oxygen atoms in total. The van der Waals surface area contributed by atoms with E-state index in [0.29, 0.717) is 5.69 Å². The van der Waals surface area contributed by atoms with Crippen LogP contribution in [0.5, 0.6) is 5.75 Å². The SMILES string of the molecule is COc1ccc(/C=N/Nc2ccc([N+](=O)[O-])cc2)c(C)c1. The molecule has 0 aliphatic rings. The second kappa shape index (κ2) is 6.51. The van der Waals surface area contributed by atoms with Gasteiger partial charge in [0.2, 0.25) is 0 Å². The third-order valence-electron chi connectivity index (χ3n) is 2.95. The van der Waals surface area contributed by atoms with Crippen LogP contribution in [0.3, 0.4) is 0 Å². The van der Waals surface area contributed by atoms with Gasteiger partial charge in [0.1, 0.15) is 5.75 Å². The summed E-state index contributed by atoms with van der Waals surface area (Å²) >= 11 is 0. The number of nitro benzene ring substituents is 1. The standard InChI is InChI=1S/C15H15N3O3/c1-11-9-15(21-2)8-3-12(11)10-16-17-13-4-6-14(7-5-13)18(19)20/h3-10,17H,1-2H3/b16-10+. The Hall–Kier alpha value is -2.89. The fourth-order valence-corrected chi connectivity index (χ4v) is 1.75. The van der Waals surface area contributed by atoms with Gasteiger partial charge in [0.05, 0.1) is 23.9 Å². The van der Waals surface area contributed by atoms with Gasteiger partial charge in [-0.05, 0) is 48.4 Å². The summed E-state index contributed by atoms with van der Waals surface area (Å²) in [7, 11) is 1.62. The van der Waals surface area contributed by atoms with Crippen molar-refractivity contribution in [2.45, 2.75) is 6.92 Å². The van der Waals surface area contributed by atoms with Crippen molar-refractivity contribution < 1.29 is 9.66 Å². The summed E-state index contributed by atoms with van der Waals surface area (Å²) in [6.07, 6.45) is 1.69. The number of anilines is 1. The van der Waals surface area contributed by atoms with Crippen LogP contribution >= 0.6 is 0 Å². The van der Waals surface area contributed by atoms with Crippen LogP contribution in [0, 0.1) is 17.0 Å². The summed E-state index contributed by atoms with van der Waals surface area (Å²) in [6.45, 7) is 1.97. The van der Waals surface area contributed by atoms with Crippen LogP contribution in [-0.4, -0.2) is 18.2 Å². The summed E-state index contributed by atoms with van der Waals surface area (Å²) in [5.41, 5.74) is 5.57. The molecular weight excluding hydrogens is 270 g/mol. The molecule has 0 radical (unpaired) electrons. The average molecular weight is 285 g/mol. The molecule has 0 aliphatic carbocycles. The third kappa shape index (κ3) is 3.79. The van der Waals surface area contributed by atoms with E-state index in [-0.39, 0.29) is 5.69 Å². The minimum atomic E-state index is -0.437. The highest BCUT2D eigenvalue weighted by atomic mass is 16.6. The van der Waals surface area contributed by atoms with E-state index < -0.39 is 4.92 Å². The molecule has 0 heterocycles. The van der Waals surface area contributed by atoms with Crippen LogP contribution < -0.4 is 10.2 Å². The maximum absolute atomic E-state index is 10.5. The van der Waals surface area contributed by atoms with E-state index in [9.17, 15) is 10.1 Å². The average Bonchev–Trinajstić information content (AvgIpc) is 2.49. The number of benzene rings is 2. The van der Waals surface area contributed by atoms with E-state index in [2.05, 4.69) is 10.5 Å². The molecule has 6 heteroatoms. The highest BCUT2D eigenvalue weighted by molar-refractivity contribution is 5.82. The molecule has 0 saturated carbocycles. The topological polar surface area (TPSA) is 76.8 Å². The van der Waals surface area contributed by atoms with Gasteiger partial charge < -0.3 is 4.74 Å². The van der Waals surface area contributed by atoms with Crippen molar-refractivity contribution in [3.8, 4) is 5.75 Å². The molecule has 0 unspecified atom stereocenters. The Kier molecular flexibility index (Phi) is 4.50. The van der Waals surface area contributed by atoms with Crippen LogP contribution in [0.1, 0.15) is 11.1 Å². The van der Waals surface area contributed by atoms with E-state index >= 15 is 0 Å². The molecule has 2 rings (SSSR count). The van der Waals surface area contributed by atoms with Crippen molar-refractivity contribution in [1.82, 2.24) is 0 Å². The Morgan fingerprint density at radius 1 is 1.24 bits per heavy atom. The second-order valence-corrected chi connectivity index (χ2v) is 4.40. The zero-order chi connectivity index (χ0) is 15.2. The highest BCUT2D eigenvalue weighted by Gasteiger charge is 2.03. The fraction of sp³-hybridized carbons (Fsp3) is 0.133. The van der Waals surface area contributed by atoms with Gasteiger partial charge in [0.25, 0.3) is 5.69 Å². The summed E-state index contributed by atoms with van der Waals surface area (Å²) < 4.78 is 5.14. The zero-order valence-electron chi connectivity index (χ0n) is 11.7. The predicted molar refractivity (Wildman–Crippen MR) is 82.0 cm³/mol. The van der Waals surface area contributed by atoms with E-state index in [1.807, 2.05) is 25.1 Å². The van der Waals surface area contributed by atoms with Gasteiger partial charge >= 0.3 is 0 Å². The molecule has 108 valence electrons. The monoisotopic (exact) mass is 285 g/mol. The molecule has 21 heavy (non-hydrogen) atoms. The number of hydrogen-bond acceptors (Lipinski definition) is 5. The van der Waals surface area contributed by atoms with Crippen LogP contribution in [0.4, 0.5) is 11.4 Å². The molecule has 0 bridgehead atoms. The first-order valence-corrected chi connectivity index (χ1v) is 6.28. The minimum Gasteiger partial charge on any atom is -0.497 e. The van der Waals surface area contributed by atoms with E-state index in [4.69, 9.17) is 4.74 Å².